The molecule has 2 heterocycles. The molecule has 0 bridgehead atoms. The molecule has 8 heteroatoms. The van der Waals surface area contributed by atoms with Crippen LogP contribution in [0.15, 0.2) is 54.7 Å². The SMILES string of the molecule is Cc1cc(NCc2ccccn2)nc(Nc2ccccc2C(F)(F)F)n1. The number of benzene rings is 1. The lowest BCUT2D eigenvalue weighted by atomic mass is 10.1. The van der Waals surface area contributed by atoms with Crippen molar-refractivity contribution in [1.29, 1.82) is 0 Å². The van der Waals surface area contributed by atoms with Gasteiger partial charge in [0.1, 0.15) is 5.82 Å². The second kappa shape index (κ2) is 7.38. The molecule has 0 spiro atoms. The number of halogens is 3. The van der Waals surface area contributed by atoms with Crippen molar-refractivity contribution in [2.75, 3.05) is 10.6 Å². The predicted molar refractivity (Wildman–Crippen MR) is 93.1 cm³/mol. The molecule has 3 aromatic rings. The molecular weight excluding hydrogens is 343 g/mol. The molecule has 2 N–H and O–H groups in total. The number of aryl methyl sites for hydroxylation is 1. The van der Waals surface area contributed by atoms with Crippen molar-refractivity contribution >= 4 is 17.5 Å². The molecule has 5 nitrogen and oxygen atoms in total. The Morgan fingerprint density at radius 2 is 1.77 bits per heavy atom. The Morgan fingerprint density at radius 1 is 1.00 bits per heavy atom. The quantitative estimate of drug-likeness (QED) is 0.699. The highest BCUT2D eigenvalue weighted by Crippen LogP contribution is 2.35. The summed E-state index contributed by atoms with van der Waals surface area (Å²) in [5.41, 5.74) is 0.575. The summed E-state index contributed by atoms with van der Waals surface area (Å²) >= 11 is 0. The fourth-order valence-corrected chi connectivity index (χ4v) is 2.36. The van der Waals surface area contributed by atoms with Gasteiger partial charge in [0.15, 0.2) is 0 Å². The van der Waals surface area contributed by atoms with Crippen LogP contribution in [0, 0.1) is 6.92 Å². The van der Waals surface area contributed by atoms with Crippen LogP contribution in [-0.4, -0.2) is 15.0 Å². The Hall–Kier alpha value is -3.16. The van der Waals surface area contributed by atoms with E-state index in [1.165, 1.54) is 18.2 Å². The Kier molecular flexibility index (Phi) is 5.01. The summed E-state index contributed by atoms with van der Waals surface area (Å²) < 4.78 is 39.4. The summed E-state index contributed by atoms with van der Waals surface area (Å²) in [6.45, 7) is 2.18. The Bertz CT molecular complexity index is 881. The van der Waals surface area contributed by atoms with Gasteiger partial charge in [-0.15, -0.1) is 0 Å². The average Bonchev–Trinajstić information content (AvgIpc) is 2.60. The molecule has 3 rings (SSSR count). The molecule has 0 fully saturated rings. The van der Waals surface area contributed by atoms with Crippen LogP contribution in [0.25, 0.3) is 0 Å². The van der Waals surface area contributed by atoms with Gasteiger partial charge in [-0.2, -0.15) is 18.2 Å². The van der Waals surface area contributed by atoms with Gasteiger partial charge in [0.2, 0.25) is 5.95 Å². The van der Waals surface area contributed by atoms with Crippen LogP contribution in [-0.2, 0) is 12.7 Å². The van der Waals surface area contributed by atoms with Crippen molar-refractivity contribution in [3.05, 3.63) is 71.7 Å². The summed E-state index contributed by atoms with van der Waals surface area (Å²) in [5.74, 6) is 0.584. The maximum absolute atomic E-state index is 13.1. The lowest BCUT2D eigenvalue weighted by molar-refractivity contribution is -0.136. The van der Waals surface area contributed by atoms with Gasteiger partial charge >= 0.3 is 6.18 Å². The van der Waals surface area contributed by atoms with E-state index in [9.17, 15) is 13.2 Å². The van der Waals surface area contributed by atoms with Gasteiger partial charge in [0, 0.05) is 18.0 Å². The highest BCUT2D eigenvalue weighted by molar-refractivity contribution is 5.60. The van der Waals surface area contributed by atoms with E-state index in [1.807, 2.05) is 18.2 Å². The van der Waals surface area contributed by atoms with Gasteiger partial charge in [0.25, 0.3) is 0 Å². The third-order valence-corrected chi connectivity index (χ3v) is 3.51. The number of hydrogen-bond acceptors (Lipinski definition) is 5. The highest BCUT2D eigenvalue weighted by atomic mass is 19.4. The number of nitrogens with one attached hydrogen (secondary N) is 2. The number of aromatic nitrogens is 3. The van der Waals surface area contributed by atoms with E-state index >= 15 is 0 Å². The lowest BCUT2D eigenvalue weighted by Crippen LogP contribution is -2.10. The van der Waals surface area contributed by atoms with Crippen molar-refractivity contribution in [3.63, 3.8) is 0 Å². The maximum Gasteiger partial charge on any atom is 0.418 e. The van der Waals surface area contributed by atoms with Gasteiger partial charge in [-0.05, 0) is 31.2 Å². The largest absolute Gasteiger partial charge is 0.418 e. The molecule has 0 amide bonds. The van der Waals surface area contributed by atoms with Crippen LogP contribution in [0.2, 0.25) is 0 Å². The molecule has 26 heavy (non-hydrogen) atoms. The molecule has 0 unspecified atom stereocenters. The summed E-state index contributed by atoms with van der Waals surface area (Å²) in [7, 11) is 0. The first-order chi connectivity index (χ1) is 12.4. The molecule has 0 aliphatic rings. The summed E-state index contributed by atoms with van der Waals surface area (Å²) in [6, 6.07) is 12.5. The zero-order valence-electron chi connectivity index (χ0n) is 13.9. The second-order valence-corrected chi connectivity index (χ2v) is 5.56. The highest BCUT2D eigenvalue weighted by Gasteiger charge is 2.33. The standard InChI is InChI=1S/C18H16F3N5/c1-12-10-16(23-11-13-6-4-5-9-22-13)26-17(24-12)25-15-8-3-2-7-14(15)18(19,20)21/h2-10H,11H2,1H3,(H2,23,24,25,26). The van der Waals surface area contributed by atoms with Gasteiger partial charge in [-0.3, -0.25) is 4.98 Å². The van der Waals surface area contributed by atoms with E-state index in [1.54, 1.807) is 19.2 Å². The van der Waals surface area contributed by atoms with Crippen molar-refractivity contribution in [2.45, 2.75) is 19.6 Å². The number of para-hydroxylation sites is 1. The van der Waals surface area contributed by atoms with E-state index in [-0.39, 0.29) is 11.6 Å². The van der Waals surface area contributed by atoms with Crippen LogP contribution in [0.4, 0.5) is 30.6 Å². The smallest absolute Gasteiger partial charge is 0.364 e. The van der Waals surface area contributed by atoms with Gasteiger partial charge in [0.05, 0.1) is 23.5 Å². The minimum Gasteiger partial charge on any atom is -0.364 e. The van der Waals surface area contributed by atoms with Crippen molar-refractivity contribution < 1.29 is 13.2 Å². The number of anilines is 3. The van der Waals surface area contributed by atoms with E-state index in [0.29, 0.717) is 18.1 Å². The fraction of sp³-hybridized carbons (Fsp3) is 0.167. The Balaban J connectivity index is 1.80. The number of hydrogen-bond donors (Lipinski definition) is 2. The van der Waals surface area contributed by atoms with E-state index in [2.05, 4.69) is 25.6 Å². The van der Waals surface area contributed by atoms with Crippen LogP contribution in [0.5, 0.6) is 0 Å². The molecule has 134 valence electrons. The number of alkyl halides is 3. The lowest BCUT2D eigenvalue weighted by Gasteiger charge is -2.14. The molecule has 2 aromatic heterocycles. The zero-order valence-corrected chi connectivity index (χ0v) is 13.9. The van der Waals surface area contributed by atoms with Gasteiger partial charge in [-0.25, -0.2) is 4.98 Å². The number of rotatable bonds is 5. The van der Waals surface area contributed by atoms with Crippen LogP contribution in [0.1, 0.15) is 17.0 Å². The predicted octanol–water partition coefficient (Wildman–Crippen LogP) is 4.55. The first-order valence-corrected chi connectivity index (χ1v) is 7.84. The third kappa shape index (κ3) is 4.47. The molecular formula is C18H16F3N5. The van der Waals surface area contributed by atoms with Crippen molar-refractivity contribution in [1.82, 2.24) is 15.0 Å². The monoisotopic (exact) mass is 359 g/mol. The molecule has 0 radical (unpaired) electrons. The zero-order chi connectivity index (χ0) is 18.6. The maximum atomic E-state index is 13.1. The van der Waals surface area contributed by atoms with E-state index in [4.69, 9.17) is 0 Å². The molecule has 0 aliphatic heterocycles. The summed E-state index contributed by atoms with van der Waals surface area (Å²) in [4.78, 5) is 12.6. The van der Waals surface area contributed by atoms with Crippen LogP contribution >= 0.6 is 0 Å². The van der Waals surface area contributed by atoms with Crippen molar-refractivity contribution in [3.8, 4) is 0 Å². The second-order valence-electron chi connectivity index (χ2n) is 5.56. The van der Waals surface area contributed by atoms with Gasteiger partial charge < -0.3 is 10.6 Å². The minimum absolute atomic E-state index is 0.0882. The molecule has 0 saturated carbocycles. The molecule has 0 saturated heterocycles. The number of pyridine rings is 1. The Morgan fingerprint density at radius 3 is 2.50 bits per heavy atom. The summed E-state index contributed by atoms with van der Waals surface area (Å²) in [6.07, 6.45) is -2.78. The minimum atomic E-state index is -4.46. The first-order valence-electron chi connectivity index (χ1n) is 7.84. The molecule has 1 aromatic carbocycles. The van der Waals surface area contributed by atoms with Gasteiger partial charge in [-0.1, -0.05) is 18.2 Å². The Labute approximate surface area is 148 Å². The molecule has 0 aliphatic carbocycles. The van der Waals surface area contributed by atoms with E-state index in [0.717, 1.165) is 11.8 Å². The van der Waals surface area contributed by atoms with Crippen molar-refractivity contribution in [2.24, 2.45) is 0 Å². The third-order valence-electron chi connectivity index (χ3n) is 3.51. The molecule has 0 atom stereocenters. The summed E-state index contributed by atoms with van der Waals surface area (Å²) in [5, 5.41) is 5.76. The fourth-order valence-electron chi connectivity index (χ4n) is 2.36. The van der Waals surface area contributed by atoms with E-state index < -0.39 is 11.7 Å². The average molecular weight is 359 g/mol. The topological polar surface area (TPSA) is 62.7 Å². The van der Waals surface area contributed by atoms with Crippen LogP contribution < -0.4 is 10.6 Å². The van der Waals surface area contributed by atoms with Crippen LogP contribution in [0.3, 0.4) is 0 Å². The first kappa shape index (κ1) is 17.7. The normalized spacial score (nSPS) is 11.2. The number of nitrogens with zero attached hydrogens (tertiary/aromatic N) is 3.